The summed E-state index contributed by atoms with van der Waals surface area (Å²) >= 11 is 2.24. The molecule has 0 aromatic carbocycles. The molecule has 2 aromatic rings. The molecule has 166 valence electrons. The number of rotatable bonds is 9. The highest BCUT2D eigenvalue weighted by molar-refractivity contribution is 7.18. The second kappa shape index (κ2) is 10.0. The van der Waals surface area contributed by atoms with Gasteiger partial charge in [0.25, 0.3) is 11.8 Å². The van der Waals surface area contributed by atoms with E-state index in [4.69, 9.17) is 19.9 Å². The Morgan fingerprint density at radius 3 is 2.55 bits per heavy atom. The second-order valence-electron chi connectivity index (χ2n) is 6.79. The highest BCUT2D eigenvalue weighted by atomic mass is 32.1. The van der Waals surface area contributed by atoms with Gasteiger partial charge >= 0.3 is 11.9 Å². The van der Waals surface area contributed by atoms with Crippen molar-refractivity contribution in [2.24, 2.45) is 5.73 Å². The van der Waals surface area contributed by atoms with Gasteiger partial charge in [0.2, 0.25) is 0 Å². The second-order valence-corrected chi connectivity index (χ2v) is 8.95. The highest BCUT2D eigenvalue weighted by Crippen LogP contribution is 2.34. The van der Waals surface area contributed by atoms with Gasteiger partial charge in [0.05, 0.1) is 17.0 Å². The van der Waals surface area contributed by atoms with Crippen LogP contribution in [0.5, 0.6) is 0 Å². The van der Waals surface area contributed by atoms with Crippen molar-refractivity contribution >= 4 is 51.4 Å². The average Bonchev–Trinajstić information content (AvgIpc) is 3.39. The van der Waals surface area contributed by atoms with E-state index in [0.29, 0.717) is 10.4 Å². The molecule has 11 heteroatoms. The number of ether oxygens (including phenoxy) is 3. The number of fused-ring (bicyclic) bond motifs is 1. The summed E-state index contributed by atoms with van der Waals surface area (Å²) in [4.78, 5) is 50.5. The molecule has 2 amide bonds. The predicted octanol–water partition coefficient (Wildman–Crippen LogP) is 2.30. The molecule has 1 aliphatic carbocycles. The topological polar surface area (TPSA) is 134 Å². The molecule has 0 aliphatic heterocycles. The van der Waals surface area contributed by atoms with Crippen LogP contribution in [0.3, 0.4) is 0 Å². The molecule has 1 aliphatic rings. The number of hydrogen-bond acceptors (Lipinski definition) is 9. The quantitative estimate of drug-likeness (QED) is 0.428. The number of esters is 2. The van der Waals surface area contributed by atoms with E-state index in [9.17, 15) is 19.2 Å². The summed E-state index contributed by atoms with van der Waals surface area (Å²) in [5.74, 6) is -2.68. The minimum absolute atomic E-state index is 0.00626. The van der Waals surface area contributed by atoms with Crippen LogP contribution in [0.15, 0.2) is 6.07 Å². The third-order valence-corrected chi connectivity index (χ3v) is 7.07. The minimum atomic E-state index is -0.730. The summed E-state index contributed by atoms with van der Waals surface area (Å²) < 4.78 is 15.0. The van der Waals surface area contributed by atoms with E-state index in [0.717, 1.165) is 36.2 Å². The first-order valence-electron chi connectivity index (χ1n) is 9.49. The lowest BCUT2D eigenvalue weighted by Gasteiger charge is -2.08. The average molecular weight is 467 g/mol. The summed E-state index contributed by atoms with van der Waals surface area (Å²) in [5, 5.41) is 2.61. The van der Waals surface area contributed by atoms with Gasteiger partial charge in [-0.15, -0.1) is 22.7 Å². The number of nitrogens with one attached hydrogen (secondary N) is 1. The van der Waals surface area contributed by atoms with Crippen molar-refractivity contribution in [1.29, 1.82) is 0 Å². The van der Waals surface area contributed by atoms with Crippen molar-refractivity contribution in [3.63, 3.8) is 0 Å². The Kier molecular flexibility index (Phi) is 7.42. The lowest BCUT2D eigenvalue weighted by atomic mass is 10.1. The number of aryl methyl sites for hydroxylation is 2. The Hall–Kier alpha value is -2.76. The van der Waals surface area contributed by atoms with Crippen LogP contribution in [0.4, 0.5) is 5.00 Å². The Morgan fingerprint density at radius 1 is 1.10 bits per heavy atom. The summed E-state index contributed by atoms with van der Waals surface area (Å²) in [6.07, 6.45) is 2.99. The molecule has 3 N–H and O–H groups in total. The molecule has 2 aromatic heterocycles. The van der Waals surface area contributed by atoms with Gasteiger partial charge in [0, 0.05) is 12.0 Å². The molecule has 0 unspecified atom stereocenters. The zero-order chi connectivity index (χ0) is 22.5. The number of primary amides is 1. The van der Waals surface area contributed by atoms with Gasteiger partial charge in [-0.1, -0.05) is 0 Å². The normalized spacial score (nSPS) is 12.3. The van der Waals surface area contributed by atoms with E-state index in [1.807, 2.05) is 6.07 Å². The van der Waals surface area contributed by atoms with E-state index >= 15 is 0 Å². The molecule has 0 atom stereocenters. The number of thiophene rings is 2. The van der Waals surface area contributed by atoms with Crippen LogP contribution in [-0.2, 0) is 31.8 Å². The van der Waals surface area contributed by atoms with Gasteiger partial charge < -0.3 is 25.3 Å². The molecule has 0 radical (unpaired) electrons. The first kappa shape index (κ1) is 22.9. The van der Waals surface area contributed by atoms with Crippen LogP contribution in [-0.4, -0.2) is 50.7 Å². The van der Waals surface area contributed by atoms with Crippen molar-refractivity contribution in [3.05, 3.63) is 37.4 Å². The molecule has 0 bridgehead atoms. The Bertz CT molecular complexity index is 1000. The van der Waals surface area contributed by atoms with Gasteiger partial charge in [0.15, 0.2) is 6.61 Å². The maximum Gasteiger partial charge on any atom is 0.348 e. The van der Waals surface area contributed by atoms with Crippen LogP contribution >= 0.6 is 22.7 Å². The minimum Gasteiger partial charge on any atom is -0.460 e. The first-order valence-corrected chi connectivity index (χ1v) is 11.1. The van der Waals surface area contributed by atoms with Crippen LogP contribution < -0.4 is 11.1 Å². The van der Waals surface area contributed by atoms with E-state index in [1.165, 1.54) is 30.2 Å². The van der Waals surface area contributed by atoms with E-state index < -0.39 is 30.4 Å². The van der Waals surface area contributed by atoms with Gasteiger partial charge in [-0.3, -0.25) is 9.59 Å². The van der Waals surface area contributed by atoms with E-state index in [1.54, 1.807) is 0 Å². The molecular formula is C20H22N2O7S2. The first-order chi connectivity index (χ1) is 14.8. The van der Waals surface area contributed by atoms with Crippen LogP contribution in [0.25, 0.3) is 0 Å². The lowest BCUT2D eigenvalue weighted by molar-refractivity contribution is -0.119. The third kappa shape index (κ3) is 5.30. The summed E-state index contributed by atoms with van der Waals surface area (Å²) in [6.45, 7) is 1.20. The summed E-state index contributed by atoms with van der Waals surface area (Å²) in [6, 6.07) is 1.81. The largest absolute Gasteiger partial charge is 0.460 e. The zero-order valence-electron chi connectivity index (χ0n) is 17.1. The smallest absolute Gasteiger partial charge is 0.348 e. The molecule has 9 nitrogen and oxygen atoms in total. The SMILES string of the molecule is COCCOC(=O)c1c(NC(=O)COC(=O)c2cc3c(s2)CCC3)sc(C(N)=O)c1C. The third-order valence-electron chi connectivity index (χ3n) is 4.63. The molecule has 31 heavy (non-hydrogen) atoms. The van der Waals surface area contributed by atoms with Crippen molar-refractivity contribution < 1.29 is 33.4 Å². The van der Waals surface area contributed by atoms with Crippen LogP contribution in [0.2, 0.25) is 0 Å². The number of anilines is 1. The lowest BCUT2D eigenvalue weighted by Crippen LogP contribution is -2.21. The van der Waals surface area contributed by atoms with Crippen molar-refractivity contribution in [1.82, 2.24) is 0 Å². The molecule has 2 heterocycles. The maximum absolute atomic E-state index is 12.4. The number of carbonyl (C=O) groups excluding carboxylic acids is 4. The fourth-order valence-electron chi connectivity index (χ4n) is 3.17. The van der Waals surface area contributed by atoms with Gasteiger partial charge in [-0.05, 0) is 43.4 Å². The molecule has 0 saturated heterocycles. The molecule has 0 spiro atoms. The maximum atomic E-state index is 12.4. The summed E-state index contributed by atoms with van der Waals surface area (Å²) in [5.41, 5.74) is 6.86. The van der Waals surface area contributed by atoms with Crippen molar-refractivity contribution in [2.75, 3.05) is 32.2 Å². The van der Waals surface area contributed by atoms with Crippen molar-refractivity contribution in [3.8, 4) is 0 Å². The zero-order valence-corrected chi connectivity index (χ0v) is 18.7. The molecular weight excluding hydrogens is 444 g/mol. The fourth-order valence-corrected chi connectivity index (χ4v) is 5.38. The highest BCUT2D eigenvalue weighted by Gasteiger charge is 2.26. The van der Waals surface area contributed by atoms with Crippen LogP contribution in [0.1, 0.15) is 52.1 Å². The summed E-state index contributed by atoms with van der Waals surface area (Å²) in [7, 11) is 1.46. The predicted molar refractivity (Wildman–Crippen MR) is 115 cm³/mol. The number of methoxy groups -OCH3 is 1. The number of nitrogens with two attached hydrogens (primary N) is 1. The van der Waals surface area contributed by atoms with E-state index in [2.05, 4.69) is 5.32 Å². The van der Waals surface area contributed by atoms with Gasteiger partial charge in [-0.25, -0.2) is 9.59 Å². The Morgan fingerprint density at radius 2 is 1.87 bits per heavy atom. The molecule has 0 saturated carbocycles. The monoisotopic (exact) mass is 466 g/mol. The number of hydrogen-bond donors (Lipinski definition) is 2. The van der Waals surface area contributed by atoms with E-state index in [-0.39, 0.29) is 28.7 Å². The standard InChI is InChI=1S/C20H22N2O7S2/c1-10-15(20(26)28-7-6-27-2)18(31-16(10)17(21)24)22-14(23)9-29-19(25)13-8-11-4-3-5-12(11)30-13/h8H,3-7,9H2,1-2H3,(H2,21,24)(H,22,23). The Balaban J connectivity index is 1.66. The Labute approximate surface area is 186 Å². The molecule has 0 fully saturated rings. The van der Waals surface area contributed by atoms with Gasteiger partial charge in [-0.2, -0.15) is 0 Å². The molecule has 3 rings (SSSR count). The number of carbonyl (C=O) groups is 4. The number of amides is 2. The van der Waals surface area contributed by atoms with Crippen molar-refractivity contribution in [2.45, 2.75) is 26.2 Å². The van der Waals surface area contributed by atoms with Crippen LogP contribution in [0, 0.1) is 6.92 Å². The fraction of sp³-hybridized carbons (Fsp3) is 0.400. The van der Waals surface area contributed by atoms with Gasteiger partial charge in [0.1, 0.15) is 16.5 Å².